The fourth-order valence-corrected chi connectivity index (χ4v) is 3.09. The number of pyridine rings is 1. The lowest BCUT2D eigenvalue weighted by Gasteiger charge is -2.11. The maximum Gasteiger partial charge on any atom is 0.238 e. The highest BCUT2D eigenvalue weighted by molar-refractivity contribution is 7.89. The number of primary sulfonamides is 1. The molecular weight excluding hydrogens is 362 g/mol. The standard InChI is InChI=1S/C20H19N3O3S/c1-14-4-8-16(9-5-14)23-18-3-2-12-22-19(18)13-20(24)15-6-10-17(11-7-15)27(21,25)26/h2-12,23H,13H2,1H3,(H2,21,25,26). The number of nitrogens with one attached hydrogen (secondary N) is 1. The second-order valence-electron chi connectivity index (χ2n) is 6.16. The molecule has 0 saturated carbocycles. The second kappa shape index (κ2) is 7.69. The summed E-state index contributed by atoms with van der Waals surface area (Å²) in [7, 11) is -3.78. The van der Waals surface area contributed by atoms with Gasteiger partial charge < -0.3 is 5.32 Å². The van der Waals surface area contributed by atoms with Crippen LogP contribution in [0.5, 0.6) is 0 Å². The minimum absolute atomic E-state index is 0.0291. The topological polar surface area (TPSA) is 102 Å². The van der Waals surface area contributed by atoms with Crippen LogP contribution in [0.25, 0.3) is 0 Å². The Balaban J connectivity index is 1.79. The molecule has 0 aliphatic rings. The summed E-state index contributed by atoms with van der Waals surface area (Å²) < 4.78 is 22.6. The maximum absolute atomic E-state index is 12.6. The van der Waals surface area contributed by atoms with Crippen molar-refractivity contribution in [2.24, 2.45) is 5.14 Å². The number of hydrogen-bond acceptors (Lipinski definition) is 5. The van der Waals surface area contributed by atoms with E-state index in [2.05, 4.69) is 10.3 Å². The Labute approximate surface area is 158 Å². The van der Waals surface area contributed by atoms with Gasteiger partial charge in [0.25, 0.3) is 0 Å². The van der Waals surface area contributed by atoms with Gasteiger partial charge in [0.1, 0.15) is 0 Å². The minimum Gasteiger partial charge on any atom is -0.354 e. The molecule has 27 heavy (non-hydrogen) atoms. The van der Waals surface area contributed by atoms with E-state index in [1.165, 1.54) is 24.3 Å². The third kappa shape index (κ3) is 4.78. The number of aryl methyl sites for hydroxylation is 1. The van der Waals surface area contributed by atoms with Gasteiger partial charge in [-0.3, -0.25) is 9.78 Å². The third-order valence-corrected chi connectivity index (χ3v) is 4.98. The van der Waals surface area contributed by atoms with Crippen molar-refractivity contribution >= 4 is 27.2 Å². The quantitative estimate of drug-likeness (QED) is 0.638. The lowest BCUT2D eigenvalue weighted by molar-refractivity contribution is 0.0992. The first-order valence-electron chi connectivity index (χ1n) is 8.26. The van der Waals surface area contributed by atoms with Crippen LogP contribution in [-0.4, -0.2) is 19.2 Å². The zero-order chi connectivity index (χ0) is 19.4. The molecule has 3 aromatic rings. The first-order chi connectivity index (χ1) is 12.8. The first kappa shape index (κ1) is 18.8. The SMILES string of the molecule is Cc1ccc(Nc2cccnc2CC(=O)c2ccc(S(N)(=O)=O)cc2)cc1. The van der Waals surface area contributed by atoms with Crippen LogP contribution in [0.15, 0.2) is 71.8 Å². The molecule has 0 saturated heterocycles. The molecule has 2 aromatic carbocycles. The van der Waals surface area contributed by atoms with Crippen molar-refractivity contribution < 1.29 is 13.2 Å². The van der Waals surface area contributed by atoms with Crippen molar-refractivity contribution in [1.29, 1.82) is 0 Å². The van der Waals surface area contributed by atoms with Gasteiger partial charge in [0, 0.05) is 17.4 Å². The Morgan fingerprint density at radius 3 is 2.33 bits per heavy atom. The van der Waals surface area contributed by atoms with E-state index in [-0.39, 0.29) is 17.1 Å². The molecule has 7 heteroatoms. The average molecular weight is 381 g/mol. The summed E-state index contributed by atoms with van der Waals surface area (Å²) in [6.45, 7) is 2.01. The van der Waals surface area contributed by atoms with Crippen LogP contribution in [0.2, 0.25) is 0 Å². The van der Waals surface area contributed by atoms with Crippen LogP contribution in [-0.2, 0) is 16.4 Å². The van der Waals surface area contributed by atoms with Gasteiger partial charge in [-0.25, -0.2) is 13.6 Å². The number of carbonyl (C=O) groups is 1. The lowest BCUT2D eigenvalue weighted by atomic mass is 10.1. The largest absolute Gasteiger partial charge is 0.354 e. The molecule has 0 aliphatic carbocycles. The Kier molecular flexibility index (Phi) is 5.34. The summed E-state index contributed by atoms with van der Waals surface area (Å²) in [5, 5.41) is 8.35. The van der Waals surface area contributed by atoms with Gasteiger partial charge in [-0.1, -0.05) is 29.8 Å². The Hall–Kier alpha value is -3.03. The third-order valence-electron chi connectivity index (χ3n) is 4.05. The van der Waals surface area contributed by atoms with Crippen molar-refractivity contribution in [3.05, 3.63) is 83.7 Å². The van der Waals surface area contributed by atoms with E-state index in [1.807, 2.05) is 37.3 Å². The van der Waals surface area contributed by atoms with Crippen LogP contribution in [0.4, 0.5) is 11.4 Å². The molecule has 0 radical (unpaired) electrons. The maximum atomic E-state index is 12.6. The molecule has 0 fully saturated rings. The van der Waals surface area contributed by atoms with Crippen LogP contribution < -0.4 is 10.5 Å². The predicted octanol–water partition coefficient (Wildman–Crippen LogP) is 3.21. The average Bonchev–Trinajstić information content (AvgIpc) is 2.64. The van der Waals surface area contributed by atoms with Gasteiger partial charge in [0.2, 0.25) is 10.0 Å². The Morgan fingerprint density at radius 1 is 1.04 bits per heavy atom. The van der Waals surface area contributed by atoms with Crippen LogP contribution in [0.1, 0.15) is 21.6 Å². The van der Waals surface area contributed by atoms with E-state index >= 15 is 0 Å². The molecule has 138 valence electrons. The molecule has 0 spiro atoms. The van der Waals surface area contributed by atoms with Gasteiger partial charge in [-0.2, -0.15) is 0 Å². The number of rotatable bonds is 6. The number of benzene rings is 2. The summed E-state index contributed by atoms with van der Waals surface area (Å²) in [6, 6.07) is 17.1. The van der Waals surface area contributed by atoms with E-state index in [4.69, 9.17) is 5.14 Å². The van der Waals surface area contributed by atoms with Gasteiger partial charge in [-0.05, 0) is 43.3 Å². The van der Waals surface area contributed by atoms with E-state index in [0.717, 1.165) is 16.9 Å². The number of carbonyl (C=O) groups excluding carboxylic acids is 1. The van der Waals surface area contributed by atoms with Crippen molar-refractivity contribution in [3.63, 3.8) is 0 Å². The number of sulfonamides is 1. The summed E-state index contributed by atoms with van der Waals surface area (Å²) in [6.07, 6.45) is 1.72. The van der Waals surface area contributed by atoms with Crippen LogP contribution in [0.3, 0.4) is 0 Å². The molecule has 0 unspecified atom stereocenters. The number of aromatic nitrogens is 1. The van der Waals surface area contributed by atoms with Crippen LogP contribution in [0, 0.1) is 6.92 Å². The van der Waals surface area contributed by atoms with E-state index in [1.54, 1.807) is 12.3 Å². The van der Waals surface area contributed by atoms with Crippen molar-refractivity contribution in [2.75, 3.05) is 5.32 Å². The number of ketones is 1. The zero-order valence-corrected chi connectivity index (χ0v) is 15.5. The second-order valence-corrected chi connectivity index (χ2v) is 7.72. The van der Waals surface area contributed by atoms with E-state index in [0.29, 0.717) is 11.3 Å². The molecule has 3 rings (SSSR count). The monoisotopic (exact) mass is 381 g/mol. The summed E-state index contributed by atoms with van der Waals surface area (Å²) in [5.74, 6) is -0.165. The predicted molar refractivity (Wildman–Crippen MR) is 105 cm³/mol. The molecule has 1 heterocycles. The molecule has 6 nitrogen and oxygen atoms in total. The van der Waals surface area contributed by atoms with E-state index < -0.39 is 10.0 Å². The fourth-order valence-electron chi connectivity index (χ4n) is 2.57. The lowest BCUT2D eigenvalue weighted by Crippen LogP contribution is -2.13. The van der Waals surface area contributed by atoms with Gasteiger partial charge in [0.05, 0.1) is 22.7 Å². The van der Waals surface area contributed by atoms with Crippen molar-refractivity contribution in [2.45, 2.75) is 18.2 Å². The summed E-state index contributed by atoms with van der Waals surface area (Å²) >= 11 is 0. The molecule has 0 aliphatic heterocycles. The molecule has 0 bridgehead atoms. The highest BCUT2D eigenvalue weighted by atomic mass is 32.2. The number of nitrogens with zero attached hydrogens (tertiary/aromatic N) is 1. The van der Waals surface area contributed by atoms with Gasteiger partial charge in [0.15, 0.2) is 5.78 Å². The zero-order valence-electron chi connectivity index (χ0n) is 14.7. The number of nitrogens with two attached hydrogens (primary N) is 1. The molecule has 1 aromatic heterocycles. The minimum atomic E-state index is -3.78. The molecular formula is C20H19N3O3S. The number of Topliss-reactive ketones (excluding diaryl/α,β-unsaturated/α-hetero) is 1. The Bertz CT molecular complexity index is 1060. The van der Waals surface area contributed by atoms with Crippen LogP contribution >= 0.6 is 0 Å². The highest BCUT2D eigenvalue weighted by Crippen LogP contribution is 2.21. The van der Waals surface area contributed by atoms with Crippen molar-refractivity contribution in [1.82, 2.24) is 4.98 Å². The summed E-state index contributed by atoms with van der Waals surface area (Å²) in [4.78, 5) is 16.9. The normalized spacial score (nSPS) is 11.2. The highest BCUT2D eigenvalue weighted by Gasteiger charge is 2.13. The summed E-state index contributed by atoms with van der Waals surface area (Å²) in [5.41, 5.74) is 3.81. The Morgan fingerprint density at radius 2 is 1.70 bits per heavy atom. The van der Waals surface area contributed by atoms with E-state index in [9.17, 15) is 13.2 Å². The van der Waals surface area contributed by atoms with Crippen molar-refractivity contribution in [3.8, 4) is 0 Å². The fraction of sp³-hybridized carbons (Fsp3) is 0.100. The number of hydrogen-bond donors (Lipinski definition) is 2. The van der Waals surface area contributed by atoms with Gasteiger partial charge >= 0.3 is 0 Å². The first-order valence-corrected chi connectivity index (χ1v) is 9.81. The molecule has 3 N–H and O–H groups in total. The number of anilines is 2. The molecule has 0 atom stereocenters. The smallest absolute Gasteiger partial charge is 0.238 e. The molecule has 0 amide bonds. The van der Waals surface area contributed by atoms with Gasteiger partial charge in [-0.15, -0.1) is 0 Å².